The van der Waals surface area contributed by atoms with E-state index in [1.807, 2.05) is 18.2 Å². The summed E-state index contributed by atoms with van der Waals surface area (Å²) in [6, 6.07) is 7.53. The van der Waals surface area contributed by atoms with Crippen LogP contribution in [0.15, 0.2) is 34.9 Å². The molecule has 1 N–H and O–H groups in total. The van der Waals surface area contributed by atoms with Crippen LogP contribution in [0.5, 0.6) is 11.5 Å². The molecule has 21 heavy (non-hydrogen) atoms. The van der Waals surface area contributed by atoms with Gasteiger partial charge in [0, 0.05) is 6.54 Å². The summed E-state index contributed by atoms with van der Waals surface area (Å²) in [5.74, 6) is 2.07. The molecule has 5 nitrogen and oxygen atoms in total. The van der Waals surface area contributed by atoms with E-state index in [9.17, 15) is 4.79 Å². The lowest BCUT2D eigenvalue weighted by Crippen LogP contribution is -2.25. The van der Waals surface area contributed by atoms with Crippen LogP contribution in [0.1, 0.15) is 21.7 Å². The van der Waals surface area contributed by atoms with Gasteiger partial charge in [-0.25, -0.2) is 0 Å². The third kappa shape index (κ3) is 3.02. The fraction of sp³-hybridized carbons (Fsp3) is 0.312. The fourth-order valence-electron chi connectivity index (χ4n) is 2.28. The quantitative estimate of drug-likeness (QED) is 0.937. The first-order chi connectivity index (χ1) is 10.2. The van der Waals surface area contributed by atoms with Crippen LogP contribution in [0.25, 0.3) is 0 Å². The van der Waals surface area contributed by atoms with Crippen LogP contribution in [0, 0.1) is 6.92 Å². The highest BCUT2D eigenvalue weighted by atomic mass is 16.6. The van der Waals surface area contributed by atoms with Crippen LogP contribution in [-0.2, 0) is 6.42 Å². The Morgan fingerprint density at radius 1 is 1.19 bits per heavy atom. The van der Waals surface area contributed by atoms with Crippen molar-refractivity contribution < 1.29 is 18.7 Å². The molecule has 1 aromatic carbocycles. The van der Waals surface area contributed by atoms with Gasteiger partial charge in [-0.05, 0) is 37.1 Å². The molecule has 0 radical (unpaired) electrons. The number of hydrogen-bond acceptors (Lipinski definition) is 4. The predicted octanol–water partition coefficient (Wildman–Crippen LogP) is 2.33. The molecule has 0 atom stereocenters. The second kappa shape index (κ2) is 5.91. The van der Waals surface area contributed by atoms with E-state index in [2.05, 4.69) is 5.32 Å². The second-order valence-electron chi connectivity index (χ2n) is 4.87. The number of rotatable bonds is 4. The van der Waals surface area contributed by atoms with Gasteiger partial charge < -0.3 is 19.2 Å². The number of ether oxygens (including phenoxy) is 2. The van der Waals surface area contributed by atoms with Crippen LogP contribution in [0.3, 0.4) is 0 Å². The van der Waals surface area contributed by atoms with E-state index >= 15 is 0 Å². The van der Waals surface area contributed by atoms with Crippen molar-refractivity contribution in [2.75, 3.05) is 19.8 Å². The highest BCUT2D eigenvalue weighted by Gasteiger charge is 2.13. The molecule has 0 unspecified atom stereocenters. The van der Waals surface area contributed by atoms with Crippen LogP contribution >= 0.6 is 0 Å². The molecule has 0 bridgehead atoms. The number of nitrogens with one attached hydrogen (secondary N) is 1. The van der Waals surface area contributed by atoms with Gasteiger partial charge in [-0.2, -0.15) is 0 Å². The van der Waals surface area contributed by atoms with Crippen molar-refractivity contribution in [1.82, 2.24) is 5.32 Å². The average Bonchev–Trinajstić information content (AvgIpc) is 2.93. The summed E-state index contributed by atoms with van der Waals surface area (Å²) in [5, 5.41) is 2.88. The van der Waals surface area contributed by atoms with Gasteiger partial charge in [0.25, 0.3) is 5.91 Å². The number of aryl methyl sites for hydroxylation is 1. The molecule has 1 aliphatic rings. The van der Waals surface area contributed by atoms with Crippen molar-refractivity contribution in [2.45, 2.75) is 13.3 Å². The lowest BCUT2D eigenvalue weighted by Gasteiger charge is -2.18. The van der Waals surface area contributed by atoms with Gasteiger partial charge >= 0.3 is 0 Å². The molecule has 0 fully saturated rings. The van der Waals surface area contributed by atoms with Gasteiger partial charge in [0.05, 0.1) is 11.8 Å². The molecule has 3 rings (SSSR count). The standard InChI is InChI=1S/C16H17NO4/c1-11-13(5-7-19-11)16(18)17-6-4-12-2-3-14-15(10-12)21-9-8-20-14/h2-3,5,7,10H,4,6,8-9H2,1H3,(H,17,18). The van der Waals surface area contributed by atoms with Gasteiger partial charge in [-0.3, -0.25) is 4.79 Å². The molecule has 1 aliphatic heterocycles. The normalized spacial score (nSPS) is 13.0. The predicted molar refractivity (Wildman–Crippen MR) is 76.9 cm³/mol. The van der Waals surface area contributed by atoms with Crippen LogP contribution < -0.4 is 14.8 Å². The van der Waals surface area contributed by atoms with Crippen molar-refractivity contribution >= 4 is 5.91 Å². The third-order valence-corrected chi connectivity index (χ3v) is 3.41. The largest absolute Gasteiger partial charge is 0.486 e. The Labute approximate surface area is 122 Å². The monoisotopic (exact) mass is 287 g/mol. The molecule has 0 spiro atoms. The molecule has 1 amide bonds. The molecular formula is C16H17NO4. The Morgan fingerprint density at radius 3 is 2.76 bits per heavy atom. The van der Waals surface area contributed by atoms with E-state index in [4.69, 9.17) is 13.9 Å². The number of carbonyl (C=O) groups excluding carboxylic acids is 1. The van der Waals surface area contributed by atoms with Crippen molar-refractivity contribution in [3.63, 3.8) is 0 Å². The Hall–Kier alpha value is -2.43. The van der Waals surface area contributed by atoms with E-state index in [0.29, 0.717) is 31.1 Å². The summed E-state index contributed by atoms with van der Waals surface area (Å²) < 4.78 is 16.1. The van der Waals surface area contributed by atoms with Crippen LogP contribution in [0.2, 0.25) is 0 Å². The Kier molecular flexibility index (Phi) is 3.81. The maximum absolute atomic E-state index is 11.9. The summed E-state index contributed by atoms with van der Waals surface area (Å²) in [5.41, 5.74) is 1.68. The number of carbonyl (C=O) groups is 1. The SMILES string of the molecule is Cc1occc1C(=O)NCCc1ccc2c(c1)OCCO2. The Bertz CT molecular complexity index is 647. The summed E-state index contributed by atoms with van der Waals surface area (Å²) in [7, 11) is 0. The van der Waals surface area contributed by atoms with E-state index in [0.717, 1.165) is 23.5 Å². The Balaban J connectivity index is 1.56. The first-order valence-corrected chi connectivity index (χ1v) is 6.95. The van der Waals surface area contributed by atoms with Crippen molar-refractivity contribution in [3.8, 4) is 11.5 Å². The maximum atomic E-state index is 11.9. The van der Waals surface area contributed by atoms with Gasteiger partial charge in [0.15, 0.2) is 11.5 Å². The zero-order chi connectivity index (χ0) is 14.7. The number of amides is 1. The van der Waals surface area contributed by atoms with Crippen molar-refractivity contribution in [1.29, 1.82) is 0 Å². The lowest BCUT2D eigenvalue weighted by atomic mass is 10.1. The molecule has 2 heterocycles. The van der Waals surface area contributed by atoms with Crippen LogP contribution in [-0.4, -0.2) is 25.7 Å². The molecule has 110 valence electrons. The van der Waals surface area contributed by atoms with E-state index in [1.165, 1.54) is 6.26 Å². The molecule has 1 aromatic heterocycles. The molecule has 0 saturated carbocycles. The van der Waals surface area contributed by atoms with Crippen molar-refractivity contribution in [2.24, 2.45) is 0 Å². The number of furan rings is 1. The second-order valence-corrected chi connectivity index (χ2v) is 4.87. The molecule has 0 saturated heterocycles. The van der Waals surface area contributed by atoms with Crippen LogP contribution in [0.4, 0.5) is 0 Å². The Morgan fingerprint density at radius 2 is 2.00 bits per heavy atom. The highest BCUT2D eigenvalue weighted by Crippen LogP contribution is 2.30. The number of benzene rings is 1. The summed E-state index contributed by atoms with van der Waals surface area (Å²) >= 11 is 0. The minimum atomic E-state index is -0.112. The topological polar surface area (TPSA) is 60.7 Å². The van der Waals surface area contributed by atoms with Gasteiger partial charge in [-0.15, -0.1) is 0 Å². The molecule has 2 aromatic rings. The van der Waals surface area contributed by atoms with Gasteiger partial charge in [-0.1, -0.05) is 6.07 Å². The minimum absolute atomic E-state index is 0.112. The number of fused-ring (bicyclic) bond motifs is 1. The average molecular weight is 287 g/mol. The molecular weight excluding hydrogens is 270 g/mol. The lowest BCUT2D eigenvalue weighted by molar-refractivity contribution is 0.0952. The smallest absolute Gasteiger partial charge is 0.254 e. The zero-order valence-electron chi connectivity index (χ0n) is 11.8. The highest BCUT2D eigenvalue weighted by molar-refractivity contribution is 5.95. The molecule has 0 aliphatic carbocycles. The van der Waals surface area contributed by atoms with Gasteiger partial charge in [0.2, 0.25) is 0 Å². The van der Waals surface area contributed by atoms with E-state index in [-0.39, 0.29) is 5.91 Å². The molecule has 5 heteroatoms. The number of hydrogen-bond donors (Lipinski definition) is 1. The van der Waals surface area contributed by atoms with Gasteiger partial charge in [0.1, 0.15) is 19.0 Å². The first kappa shape index (κ1) is 13.5. The van der Waals surface area contributed by atoms with E-state index in [1.54, 1.807) is 13.0 Å². The third-order valence-electron chi connectivity index (χ3n) is 3.41. The maximum Gasteiger partial charge on any atom is 0.254 e. The zero-order valence-corrected chi connectivity index (χ0v) is 11.8. The van der Waals surface area contributed by atoms with E-state index < -0.39 is 0 Å². The first-order valence-electron chi connectivity index (χ1n) is 6.95. The fourth-order valence-corrected chi connectivity index (χ4v) is 2.28. The summed E-state index contributed by atoms with van der Waals surface area (Å²) in [6.45, 7) is 3.50. The summed E-state index contributed by atoms with van der Waals surface area (Å²) in [6.07, 6.45) is 2.25. The summed E-state index contributed by atoms with van der Waals surface area (Å²) in [4.78, 5) is 11.9. The minimum Gasteiger partial charge on any atom is -0.486 e. The van der Waals surface area contributed by atoms with Crippen molar-refractivity contribution in [3.05, 3.63) is 47.4 Å².